The Kier molecular flexibility index (Phi) is 7.58. The predicted octanol–water partition coefficient (Wildman–Crippen LogP) is 2.44. The van der Waals surface area contributed by atoms with Gasteiger partial charge in [-0.15, -0.1) is 6.58 Å². The lowest BCUT2D eigenvalue weighted by Crippen LogP contribution is -2.52. The first-order valence-corrected chi connectivity index (χ1v) is 11.9. The van der Waals surface area contributed by atoms with Crippen molar-refractivity contribution in [3.63, 3.8) is 0 Å². The maximum Gasteiger partial charge on any atom is 0.255 e. The average molecular weight is 479 g/mol. The van der Waals surface area contributed by atoms with Crippen LogP contribution in [0.15, 0.2) is 77.6 Å². The molecule has 0 spiro atoms. The molecule has 1 unspecified atom stereocenters. The number of sulfonamides is 1. The molecule has 1 aromatic rings. The van der Waals surface area contributed by atoms with Crippen LogP contribution in [0.2, 0.25) is 5.02 Å². The summed E-state index contributed by atoms with van der Waals surface area (Å²) in [5.41, 5.74) is 0.934. The summed E-state index contributed by atoms with van der Waals surface area (Å²) in [6.45, 7) is 8.85. The summed E-state index contributed by atoms with van der Waals surface area (Å²) in [4.78, 5) is 14.7. The molecule has 0 saturated carbocycles. The van der Waals surface area contributed by atoms with Crippen LogP contribution in [0.5, 0.6) is 0 Å². The van der Waals surface area contributed by atoms with Crippen molar-refractivity contribution in [2.45, 2.75) is 11.3 Å². The van der Waals surface area contributed by atoms with Crippen molar-refractivity contribution in [2.24, 2.45) is 11.8 Å². The van der Waals surface area contributed by atoms with Crippen LogP contribution in [0.1, 0.15) is 6.42 Å². The fourth-order valence-corrected chi connectivity index (χ4v) is 5.21. The summed E-state index contributed by atoms with van der Waals surface area (Å²) in [6, 6.07) is 6.04. The maximum absolute atomic E-state index is 12.8. The van der Waals surface area contributed by atoms with Gasteiger partial charge in [0.2, 0.25) is 10.0 Å². The minimum atomic E-state index is -3.63. The summed E-state index contributed by atoms with van der Waals surface area (Å²) in [7, 11) is -3.63. The second kappa shape index (κ2) is 10.0. The Morgan fingerprint density at radius 3 is 2.44 bits per heavy atom. The summed E-state index contributed by atoms with van der Waals surface area (Å²) < 4.78 is 27.0. The quantitative estimate of drug-likeness (QED) is 0.270. The monoisotopic (exact) mass is 478 g/mol. The Hall–Kier alpha value is -2.43. The topological polar surface area (TPSA) is 107 Å². The Labute approximate surface area is 193 Å². The van der Waals surface area contributed by atoms with Crippen LogP contribution in [-0.2, 0) is 14.8 Å². The zero-order chi connectivity index (χ0) is 23.5. The number of hydrogen-bond donors (Lipinski definition) is 2. The molecule has 1 fully saturated rings. The lowest BCUT2D eigenvalue weighted by molar-refractivity contribution is -0.131. The van der Waals surface area contributed by atoms with E-state index in [0.29, 0.717) is 30.1 Å². The third-order valence-corrected chi connectivity index (χ3v) is 7.73. The fourth-order valence-electron chi connectivity index (χ4n) is 3.66. The lowest BCUT2D eigenvalue weighted by Gasteiger charge is -2.34. The van der Waals surface area contributed by atoms with E-state index in [9.17, 15) is 18.3 Å². The van der Waals surface area contributed by atoms with Gasteiger partial charge in [-0.3, -0.25) is 9.69 Å². The molecule has 1 aromatic carbocycles. The van der Waals surface area contributed by atoms with Crippen LogP contribution in [-0.4, -0.2) is 66.4 Å². The van der Waals surface area contributed by atoms with Crippen LogP contribution in [0.3, 0.4) is 0 Å². The number of nitrogens with zero attached hydrogens (tertiary/aromatic N) is 3. The molecule has 1 atom stereocenters. The predicted molar refractivity (Wildman–Crippen MR) is 124 cm³/mol. The number of hydrazine groups is 1. The van der Waals surface area contributed by atoms with Crippen molar-refractivity contribution in [3.05, 3.63) is 77.7 Å². The highest BCUT2D eigenvalue weighted by atomic mass is 35.5. The zero-order valence-corrected chi connectivity index (χ0v) is 19.2. The number of nitrogens with two attached hydrogens (primary N) is 1. The first-order valence-electron chi connectivity index (χ1n) is 10.1. The standard InChI is InChI=1S/C22H27ClN4O4S/c1-3-4-19-16(2)5-10-20(22(19)29)27(24)21(28)15-25-11-13-26(14-12-25)32(30,31)18-8-6-17(23)7-9-18/h3,5-10,19,29H,1-2,4,11-15,24H2. The van der Waals surface area contributed by atoms with Gasteiger partial charge in [-0.2, -0.15) is 4.31 Å². The molecule has 3 N–H and O–H groups in total. The molecule has 1 aliphatic heterocycles. The van der Waals surface area contributed by atoms with Gasteiger partial charge in [0.05, 0.1) is 17.1 Å². The maximum atomic E-state index is 12.8. The summed E-state index contributed by atoms with van der Waals surface area (Å²) in [6.07, 6.45) is 5.43. The Morgan fingerprint density at radius 2 is 1.84 bits per heavy atom. The lowest BCUT2D eigenvalue weighted by atomic mass is 9.89. The van der Waals surface area contributed by atoms with Gasteiger partial charge < -0.3 is 5.11 Å². The Bertz CT molecular complexity index is 1060. The first kappa shape index (κ1) is 24.2. The van der Waals surface area contributed by atoms with E-state index in [0.717, 1.165) is 5.01 Å². The number of benzene rings is 1. The molecule has 10 heteroatoms. The largest absolute Gasteiger partial charge is 0.509 e. The van der Waals surface area contributed by atoms with Crippen molar-refractivity contribution in [1.29, 1.82) is 0 Å². The third kappa shape index (κ3) is 5.13. The average Bonchev–Trinajstić information content (AvgIpc) is 2.77. The zero-order valence-electron chi connectivity index (χ0n) is 17.7. The van der Waals surface area contributed by atoms with Gasteiger partial charge in [0.1, 0.15) is 5.76 Å². The molecule has 1 aliphatic carbocycles. The van der Waals surface area contributed by atoms with Crippen molar-refractivity contribution >= 4 is 27.5 Å². The molecule has 0 aromatic heterocycles. The number of hydrogen-bond acceptors (Lipinski definition) is 6. The van der Waals surface area contributed by atoms with Gasteiger partial charge in [0.25, 0.3) is 5.91 Å². The summed E-state index contributed by atoms with van der Waals surface area (Å²) in [5, 5.41) is 12.0. The molecule has 0 bridgehead atoms. The fraction of sp³-hybridized carbons (Fsp3) is 0.318. The number of piperazine rings is 1. The SMILES string of the molecule is C=CCC1C(=C)C=CC(N(N)C(=O)CN2CCN(S(=O)(=O)c3ccc(Cl)cc3)CC2)=C1O. The van der Waals surface area contributed by atoms with Gasteiger partial charge in [-0.25, -0.2) is 19.3 Å². The second-order valence-electron chi connectivity index (χ2n) is 7.65. The minimum Gasteiger partial charge on any atom is -0.509 e. The highest BCUT2D eigenvalue weighted by Crippen LogP contribution is 2.30. The minimum absolute atomic E-state index is 0.00300. The van der Waals surface area contributed by atoms with E-state index >= 15 is 0 Å². The molecular formula is C22H27ClN4O4S. The van der Waals surface area contributed by atoms with Gasteiger partial charge in [-0.1, -0.05) is 30.3 Å². The van der Waals surface area contributed by atoms with E-state index in [1.807, 2.05) is 4.90 Å². The van der Waals surface area contributed by atoms with Crippen LogP contribution in [0, 0.1) is 5.92 Å². The normalized spacial score (nSPS) is 20.4. The molecule has 1 saturated heterocycles. The molecule has 0 radical (unpaired) electrons. The number of aliphatic hydroxyl groups excluding tert-OH is 1. The van der Waals surface area contributed by atoms with E-state index < -0.39 is 15.9 Å². The number of aliphatic hydroxyl groups is 1. The van der Waals surface area contributed by atoms with Gasteiger partial charge in [0, 0.05) is 37.1 Å². The number of carbonyl (C=O) groups is 1. The van der Waals surface area contributed by atoms with Gasteiger partial charge in [-0.05, 0) is 42.3 Å². The number of amides is 1. The summed E-state index contributed by atoms with van der Waals surface area (Å²) >= 11 is 5.84. The molecule has 1 heterocycles. The van der Waals surface area contributed by atoms with Crippen molar-refractivity contribution in [3.8, 4) is 0 Å². The molecule has 1 amide bonds. The third-order valence-electron chi connectivity index (χ3n) is 5.57. The number of allylic oxidation sites excluding steroid dienone is 4. The van der Waals surface area contributed by atoms with E-state index in [2.05, 4.69) is 13.2 Å². The molecular weight excluding hydrogens is 452 g/mol. The molecule has 172 valence electrons. The van der Waals surface area contributed by atoms with E-state index in [4.69, 9.17) is 17.4 Å². The highest BCUT2D eigenvalue weighted by Gasteiger charge is 2.31. The van der Waals surface area contributed by atoms with Crippen molar-refractivity contribution in [2.75, 3.05) is 32.7 Å². The van der Waals surface area contributed by atoms with E-state index in [1.165, 1.54) is 28.6 Å². The van der Waals surface area contributed by atoms with Crippen molar-refractivity contribution < 1.29 is 18.3 Å². The Balaban J connectivity index is 1.60. The van der Waals surface area contributed by atoms with Gasteiger partial charge in [0.15, 0.2) is 0 Å². The smallest absolute Gasteiger partial charge is 0.255 e. The van der Waals surface area contributed by atoms with E-state index in [-0.39, 0.29) is 41.9 Å². The second-order valence-corrected chi connectivity index (χ2v) is 10.0. The van der Waals surface area contributed by atoms with Crippen LogP contribution in [0.4, 0.5) is 0 Å². The molecule has 32 heavy (non-hydrogen) atoms. The molecule has 8 nitrogen and oxygen atoms in total. The number of rotatable bonds is 7. The van der Waals surface area contributed by atoms with Gasteiger partial charge >= 0.3 is 0 Å². The summed E-state index contributed by atoms with van der Waals surface area (Å²) in [5.74, 6) is 5.21. The number of halogens is 1. The van der Waals surface area contributed by atoms with Crippen molar-refractivity contribution in [1.82, 2.24) is 14.2 Å². The Morgan fingerprint density at radius 1 is 1.22 bits per heavy atom. The van der Waals surface area contributed by atoms with Crippen LogP contribution in [0.25, 0.3) is 0 Å². The molecule has 2 aliphatic rings. The van der Waals surface area contributed by atoms with Crippen LogP contribution >= 0.6 is 11.6 Å². The highest BCUT2D eigenvalue weighted by molar-refractivity contribution is 7.89. The van der Waals surface area contributed by atoms with Crippen LogP contribution < -0.4 is 5.84 Å². The molecule has 3 rings (SSSR count). The van der Waals surface area contributed by atoms with E-state index in [1.54, 1.807) is 18.2 Å². The number of carbonyl (C=O) groups excluding carboxylic acids is 1. The first-order chi connectivity index (χ1) is 15.1.